The summed E-state index contributed by atoms with van der Waals surface area (Å²) in [5.74, 6) is 1.37. The molecule has 4 aromatic carbocycles. The smallest absolute Gasteiger partial charge is 0.151 e. The van der Waals surface area contributed by atoms with Crippen LogP contribution in [-0.2, 0) is 0 Å². The lowest BCUT2D eigenvalue weighted by molar-refractivity contribution is 0.446. The molecule has 0 aliphatic rings. The number of anilines is 3. The molecule has 0 unspecified atom stereocenters. The summed E-state index contributed by atoms with van der Waals surface area (Å²) in [6.07, 6.45) is 0. The van der Waals surface area contributed by atoms with Gasteiger partial charge in [0.05, 0.1) is 17.1 Å². The van der Waals surface area contributed by atoms with Crippen LogP contribution in [0.15, 0.2) is 72.8 Å². The molecule has 0 radical (unpaired) electrons. The van der Waals surface area contributed by atoms with E-state index in [-0.39, 0.29) is 17.2 Å². The van der Waals surface area contributed by atoms with Crippen molar-refractivity contribution in [2.45, 2.75) is 27.7 Å². The molecule has 0 saturated heterocycles. The van der Waals surface area contributed by atoms with Gasteiger partial charge in [-0.3, -0.25) is 4.90 Å². The fourth-order valence-corrected chi connectivity index (χ4v) is 3.85. The molecule has 0 fully saturated rings. The topological polar surface area (TPSA) is 73.2 Å². The average molecular weight is 442 g/mol. The number of phenols is 3. The monoisotopic (exact) mass is 441 g/mol. The van der Waals surface area contributed by atoms with Crippen LogP contribution in [0.5, 0.6) is 28.7 Å². The van der Waals surface area contributed by atoms with Gasteiger partial charge in [-0.1, -0.05) is 30.3 Å². The Bertz CT molecular complexity index is 1280. The molecule has 3 N–H and O–H groups in total. The predicted molar refractivity (Wildman–Crippen MR) is 132 cm³/mol. The van der Waals surface area contributed by atoms with Gasteiger partial charge in [0.2, 0.25) is 0 Å². The molecule has 4 aromatic rings. The van der Waals surface area contributed by atoms with Crippen LogP contribution < -0.4 is 9.64 Å². The zero-order chi connectivity index (χ0) is 23.7. The first-order valence-corrected chi connectivity index (χ1v) is 10.7. The Morgan fingerprint density at radius 1 is 0.606 bits per heavy atom. The van der Waals surface area contributed by atoms with E-state index in [0.717, 1.165) is 16.7 Å². The number of para-hydroxylation sites is 2. The minimum atomic E-state index is 0.0782. The summed E-state index contributed by atoms with van der Waals surface area (Å²) in [5, 5.41) is 31.9. The predicted octanol–water partition coefficient (Wildman–Crippen LogP) is 7.30. The highest BCUT2D eigenvalue weighted by molar-refractivity contribution is 5.85. The fraction of sp³-hybridized carbons (Fsp3) is 0.143. The maximum Gasteiger partial charge on any atom is 0.151 e. The van der Waals surface area contributed by atoms with Crippen LogP contribution in [0.1, 0.15) is 22.3 Å². The van der Waals surface area contributed by atoms with Crippen molar-refractivity contribution in [3.05, 3.63) is 95.1 Å². The van der Waals surface area contributed by atoms with Crippen LogP contribution in [0, 0.1) is 27.7 Å². The van der Waals surface area contributed by atoms with E-state index in [9.17, 15) is 15.3 Å². The molecule has 0 bridgehead atoms. The lowest BCUT2D eigenvalue weighted by Gasteiger charge is -2.29. The highest BCUT2D eigenvalue weighted by Gasteiger charge is 2.23. The second kappa shape index (κ2) is 8.79. The number of hydrogen-bond acceptors (Lipinski definition) is 5. The number of phenolic OH excluding ortho intramolecular Hbond substituents is 3. The van der Waals surface area contributed by atoms with Crippen LogP contribution in [0.25, 0.3) is 0 Å². The van der Waals surface area contributed by atoms with Crippen molar-refractivity contribution in [1.29, 1.82) is 0 Å². The lowest BCUT2D eigenvalue weighted by atomic mass is 10.1. The molecule has 0 saturated carbocycles. The van der Waals surface area contributed by atoms with Crippen LogP contribution in [0.3, 0.4) is 0 Å². The number of nitrogens with zero attached hydrogens (tertiary/aromatic N) is 1. The van der Waals surface area contributed by atoms with E-state index in [1.165, 1.54) is 0 Å². The Hall–Kier alpha value is -4.12. The van der Waals surface area contributed by atoms with Gasteiger partial charge in [0.15, 0.2) is 5.75 Å². The number of aryl methyl sites for hydroxylation is 3. The molecule has 0 aliphatic carbocycles. The third kappa shape index (κ3) is 4.30. The van der Waals surface area contributed by atoms with Crippen molar-refractivity contribution in [3.63, 3.8) is 0 Å². The highest BCUT2D eigenvalue weighted by atomic mass is 16.5. The Labute approximate surface area is 193 Å². The Kier molecular flexibility index (Phi) is 5.88. The number of benzene rings is 4. The first-order valence-electron chi connectivity index (χ1n) is 10.7. The molecule has 0 spiro atoms. The molecule has 0 heterocycles. The maximum atomic E-state index is 10.8. The zero-order valence-corrected chi connectivity index (χ0v) is 19.1. The van der Waals surface area contributed by atoms with E-state index >= 15 is 0 Å². The van der Waals surface area contributed by atoms with Gasteiger partial charge in [0, 0.05) is 5.56 Å². The average Bonchev–Trinajstić information content (AvgIpc) is 2.77. The first kappa shape index (κ1) is 22.1. The molecule has 0 aliphatic heterocycles. The second-order valence-corrected chi connectivity index (χ2v) is 8.25. The molecular weight excluding hydrogens is 414 g/mol. The third-order valence-corrected chi connectivity index (χ3v) is 5.64. The van der Waals surface area contributed by atoms with Gasteiger partial charge >= 0.3 is 0 Å². The number of ether oxygens (including phenoxy) is 1. The van der Waals surface area contributed by atoms with Crippen molar-refractivity contribution in [1.82, 2.24) is 0 Å². The van der Waals surface area contributed by atoms with E-state index in [1.54, 1.807) is 36.1 Å². The minimum Gasteiger partial charge on any atom is -0.508 e. The summed E-state index contributed by atoms with van der Waals surface area (Å²) in [6, 6.07) is 21.6. The quantitative estimate of drug-likeness (QED) is 0.303. The standard InChI is InChI=1S/C28H27NO4/c1-17-9-12-21(25(31)15-17)29(22-13-10-18(2)16-26(22)32)23-7-5-6-8-27(23)33-28-19(3)11-14-24(30)20(28)4/h5-16,30-32H,1-4H3. The summed E-state index contributed by atoms with van der Waals surface area (Å²) in [5.41, 5.74) is 4.97. The normalized spacial score (nSPS) is 10.8. The summed E-state index contributed by atoms with van der Waals surface area (Å²) in [4.78, 5) is 1.77. The molecule has 4 rings (SSSR count). The van der Waals surface area contributed by atoms with Crippen molar-refractivity contribution in [2.75, 3.05) is 4.90 Å². The SMILES string of the molecule is Cc1ccc(N(c2ccc(C)cc2O)c2ccccc2Oc2c(C)ccc(O)c2C)c(O)c1. The van der Waals surface area contributed by atoms with Crippen LogP contribution in [-0.4, -0.2) is 15.3 Å². The summed E-state index contributed by atoms with van der Waals surface area (Å²) in [7, 11) is 0. The van der Waals surface area contributed by atoms with Gasteiger partial charge in [-0.15, -0.1) is 0 Å². The van der Waals surface area contributed by atoms with Crippen molar-refractivity contribution in [3.8, 4) is 28.7 Å². The highest BCUT2D eigenvalue weighted by Crippen LogP contribution is 2.48. The Balaban J connectivity index is 1.93. The van der Waals surface area contributed by atoms with Gasteiger partial charge in [-0.25, -0.2) is 0 Å². The summed E-state index contributed by atoms with van der Waals surface area (Å²) >= 11 is 0. The Morgan fingerprint density at radius 3 is 1.76 bits per heavy atom. The van der Waals surface area contributed by atoms with Gasteiger partial charge in [0.25, 0.3) is 0 Å². The lowest BCUT2D eigenvalue weighted by Crippen LogP contribution is -2.12. The zero-order valence-electron chi connectivity index (χ0n) is 19.1. The fourth-order valence-electron chi connectivity index (χ4n) is 3.85. The molecular formula is C28H27NO4. The summed E-state index contributed by atoms with van der Waals surface area (Å²) < 4.78 is 6.34. The molecule has 0 amide bonds. The first-order chi connectivity index (χ1) is 15.8. The molecule has 0 aromatic heterocycles. The van der Waals surface area contributed by atoms with Gasteiger partial charge in [-0.05, 0) is 86.8 Å². The molecule has 33 heavy (non-hydrogen) atoms. The number of rotatable bonds is 5. The van der Waals surface area contributed by atoms with Crippen LogP contribution in [0.4, 0.5) is 17.1 Å². The molecule has 0 atom stereocenters. The van der Waals surface area contributed by atoms with Gasteiger partial charge < -0.3 is 20.1 Å². The van der Waals surface area contributed by atoms with Gasteiger partial charge in [0.1, 0.15) is 23.0 Å². The minimum absolute atomic E-state index is 0.0782. The van der Waals surface area contributed by atoms with Crippen molar-refractivity contribution in [2.24, 2.45) is 0 Å². The molecule has 5 nitrogen and oxygen atoms in total. The number of aromatic hydroxyl groups is 3. The van der Waals surface area contributed by atoms with E-state index in [0.29, 0.717) is 34.1 Å². The largest absolute Gasteiger partial charge is 0.508 e. The van der Waals surface area contributed by atoms with Crippen LogP contribution in [0.2, 0.25) is 0 Å². The van der Waals surface area contributed by atoms with Crippen LogP contribution >= 0.6 is 0 Å². The Morgan fingerprint density at radius 2 is 1.18 bits per heavy atom. The second-order valence-electron chi connectivity index (χ2n) is 8.25. The maximum absolute atomic E-state index is 10.8. The molecule has 5 heteroatoms. The third-order valence-electron chi connectivity index (χ3n) is 5.64. The molecule has 168 valence electrons. The van der Waals surface area contributed by atoms with Crippen molar-refractivity contribution < 1.29 is 20.1 Å². The van der Waals surface area contributed by atoms with E-state index in [1.807, 2.05) is 69.3 Å². The summed E-state index contributed by atoms with van der Waals surface area (Å²) in [6.45, 7) is 7.53. The van der Waals surface area contributed by atoms with E-state index in [2.05, 4.69) is 0 Å². The number of hydrogen-bond donors (Lipinski definition) is 3. The van der Waals surface area contributed by atoms with E-state index in [4.69, 9.17) is 4.74 Å². The van der Waals surface area contributed by atoms with Gasteiger partial charge in [-0.2, -0.15) is 0 Å². The van der Waals surface area contributed by atoms with E-state index < -0.39 is 0 Å². The van der Waals surface area contributed by atoms with Crippen molar-refractivity contribution >= 4 is 17.1 Å².